The zero-order valence-corrected chi connectivity index (χ0v) is 16.1. The van der Waals surface area contributed by atoms with Crippen molar-refractivity contribution in [1.29, 1.82) is 0 Å². The van der Waals surface area contributed by atoms with E-state index < -0.39 is 0 Å². The Hall–Kier alpha value is -3.82. The number of aromatic nitrogens is 6. The molecule has 30 heavy (non-hydrogen) atoms. The topological polar surface area (TPSA) is 123 Å². The molecule has 1 aliphatic heterocycles. The molecule has 5 rings (SSSR count). The first-order valence-electron chi connectivity index (χ1n) is 9.79. The SMILES string of the molecule is O=C(Cn1c(=O)[nH]c2ccccc21)N1CCCCC1c1nc(-c2ncccn2)no1. The van der Waals surface area contributed by atoms with E-state index in [0.29, 0.717) is 35.7 Å². The number of H-pyrrole nitrogens is 1. The summed E-state index contributed by atoms with van der Waals surface area (Å²) in [5.41, 5.74) is 1.10. The molecular weight excluding hydrogens is 386 g/mol. The van der Waals surface area contributed by atoms with Gasteiger partial charge in [-0.2, -0.15) is 4.98 Å². The fourth-order valence-corrected chi connectivity index (χ4v) is 3.85. The molecule has 1 unspecified atom stereocenters. The molecule has 4 heterocycles. The van der Waals surface area contributed by atoms with Gasteiger partial charge in [0.1, 0.15) is 12.6 Å². The van der Waals surface area contributed by atoms with Gasteiger partial charge in [0.15, 0.2) is 0 Å². The van der Waals surface area contributed by atoms with Gasteiger partial charge in [-0.05, 0) is 37.5 Å². The number of hydrogen-bond acceptors (Lipinski definition) is 7. The predicted molar refractivity (Wildman–Crippen MR) is 106 cm³/mol. The van der Waals surface area contributed by atoms with Crippen LogP contribution in [0.1, 0.15) is 31.2 Å². The number of rotatable bonds is 4. The van der Waals surface area contributed by atoms with Gasteiger partial charge in [-0.3, -0.25) is 9.36 Å². The summed E-state index contributed by atoms with van der Waals surface area (Å²) >= 11 is 0. The number of piperidine rings is 1. The van der Waals surface area contributed by atoms with Gasteiger partial charge in [0.2, 0.25) is 23.4 Å². The normalized spacial score (nSPS) is 16.8. The quantitative estimate of drug-likeness (QED) is 0.550. The summed E-state index contributed by atoms with van der Waals surface area (Å²) in [6, 6.07) is 8.68. The molecule has 4 aromatic rings. The van der Waals surface area contributed by atoms with Gasteiger partial charge in [-0.15, -0.1) is 0 Å². The lowest BCUT2D eigenvalue weighted by Crippen LogP contribution is -2.41. The Labute approximate surface area is 170 Å². The van der Waals surface area contributed by atoms with Gasteiger partial charge >= 0.3 is 5.69 Å². The fourth-order valence-electron chi connectivity index (χ4n) is 3.85. The summed E-state index contributed by atoms with van der Waals surface area (Å²) in [4.78, 5) is 42.7. The number of nitrogens with one attached hydrogen (secondary N) is 1. The van der Waals surface area contributed by atoms with Crippen LogP contribution in [0.3, 0.4) is 0 Å². The third kappa shape index (κ3) is 3.25. The van der Waals surface area contributed by atoms with E-state index in [2.05, 4.69) is 25.1 Å². The van der Waals surface area contributed by atoms with E-state index in [9.17, 15) is 9.59 Å². The maximum Gasteiger partial charge on any atom is 0.326 e. The molecule has 10 nitrogen and oxygen atoms in total. The predicted octanol–water partition coefficient (Wildman–Crippen LogP) is 1.92. The molecule has 0 saturated carbocycles. The van der Waals surface area contributed by atoms with Crippen LogP contribution < -0.4 is 5.69 Å². The standard InChI is InChI=1S/C20H19N7O3/c28-16(12-27-14-7-2-1-6-13(14)23-20(27)29)26-11-4-3-8-15(26)19-24-18(25-30-19)17-21-9-5-10-22-17/h1-2,5-7,9-10,15H,3-4,8,11-12H2,(H,23,29). The van der Waals surface area contributed by atoms with Crippen molar-refractivity contribution in [2.45, 2.75) is 31.8 Å². The van der Waals surface area contributed by atoms with Gasteiger partial charge in [0.05, 0.1) is 11.0 Å². The summed E-state index contributed by atoms with van der Waals surface area (Å²) in [6.45, 7) is 0.516. The Balaban J connectivity index is 1.41. The first kappa shape index (κ1) is 18.2. The molecule has 0 radical (unpaired) electrons. The Morgan fingerprint density at radius 2 is 1.97 bits per heavy atom. The van der Waals surface area contributed by atoms with Crippen LogP contribution in [0.5, 0.6) is 0 Å². The van der Waals surface area contributed by atoms with E-state index in [4.69, 9.17) is 4.52 Å². The number of aromatic amines is 1. The monoisotopic (exact) mass is 405 g/mol. The average molecular weight is 405 g/mol. The van der Waals surface area contributed by atoms with Crippen molar-refractivity contribution in [2.24, 2.45) is 0 Å². The third-order valence-corrected chi connectivity index (χ3v) is 5.29. The van der Waals surface area contributed by atoms with Crippen LogP contribution in [0.25, 0.3) is 22.7 Å². The van der Waals surface area contributed by atoms with E-state index >= 15 is 0 Å². The zero-order valence-electron chi connectivity index (χ0n) is 16.1. The van der Waals surface area contributed by atoms with Gasteiger partial charge in [-0.1, -0.05) is 17.3 Å². The van der Waals surface area contributed by atoms with E-state index in [1.807, 2.05) is 24.3 Å². The molecule has 0 aliphatic carbocycles. The lowest BCUT2D eigenvalue weighted by atomic mass is 10.0. The van der Waals surface area contributed by atoms with Crippen LogP contribution in [-0.4, -0.2) is 47.0 Å². The number of para-hydroxylation sites is 2. The molecular formula is C20H19N7O3. The molecule has 1 saturated heterocycles. The van der Waals surface area contributed by atoms with Crippen molar-refractivity contribution in [1.82, 2.24) is 34.6 Å². The molecule has 0 spiro atoms. The molecule has 0 bridgehead atoms. The lowest BCUT2D eigenvalue weighted by Gasteiger charge is -2.33. The van der Waals surface area contributed by atoms with E-state index in [1.165, 1.54) is 4.57 Å². The van der Waals surface area contributed by atoms with E-state index in [1.54, 1.807) is 23.4 Å². The number of imidazole rings is 1. The fraction of sp³-hybridized carbons (Fsp3) is 0.300. The second-order valence-electron chi connectivity index (χ2n) is 7.16. The molecule has 1 amide bonds. The second kappa shape index (κ2) is 7.54. The number of nitrogens with zero attached hydrogens (tertiary/aromatic N) is 6. The number of hydrogen-bond donors (Lipinski definition) is 1. The molecule has 10 heteroatoms. The number of amides is 1. The summed E-state index contributed by atoms with van der Waals surface area (Å²) in [7, 11) is 0. The first-order valence-corrected chi connectivity index (χ1v) is 9.79. The zero-order chi connectivity index (χ0) is 20.5. The summed E-state index contributed by atoms with van der Waals surface area (Å²) in [5.74, 6) is 0.849. The Bertz CT molecular complexity index is 1240. The van der Waals surface area contributed by atoms with Gasteiger partial charge < -0.3 is 14.4 Å². The van der Waals surface area contributed by atoms with Crippen LogP contribution >= 0.6 is 0 Å². The Kier molecular flexibility index (Phi) is 4.58. The van der Waals surface area contributed by atoms with E-state index in [0.717, 1.165) is 12.8 Å². The van der Waals surface area contributed by atoms with Gasteiger partial charge in [-0.25, -0.2) is 14.8 Å². The Morgan fingerprint density at radius 1 is 1.13 bits per heavy atom. The van der Waals surface area contributed by atoms with Crippen molar-refractivity contribution in [3.05, 3.63) is 59.1 Å². The molecule has 1 aliphatic rings. The molecule has 3 aromatic heterocycles. The largest absolute Gasteiger partial charge is 0.337 e. The maximum atomic E-state index is 13.2. The van der Waals surface area contributed by atoms with Crippen LogP contribution in [0.2, 0.25) is 0 Å². The van der Waals surface area contributed by atoms with Crippen LogP contribution in [0, 0.1) is 0 Å². The highest BCUT2D eigenvalue weighted by Crippen LogP contribution is 2.31. The van der Waals surface area contributed by atoms with Crippen LogP contribution in [0.15, 0.2) is 52.0 Å². The maximum absolute atomic E-state index is 13.2. The summed E-state index contributed by atoms with van der Waals surface area (Å²) in [6.07, 6.45) is 5.75. The first-order chi connectivity index (χ1) is 14.7. The highest BCUT2D eigenvalue weighted by atomic mass is 16.5. The minimum atomic E-state index is -0.336. The molecule has 1 atom stereocenters. The number of carbonyl (C=O) groups is 1. The van der Waals surface area contributed by atoms with Crippen molar-refractivity contribution in [3.8, 4) is 11.6 Å². The highest BCUT2D eigenvalue weighted by Gasteiger charge is 2.33. The van der Waals surface area contributed by atoms with Gasteiger partial charge in [0, 0.05) is 18.9 Å². The summed E-state index contributed by atoms with van der Waals surface area (Å²) < 4.78 is 6.92. The number of benzene rings is 1. The molecule has 1 aromatic carbocycles. The average Bonchev–Trinajstić information content (AvgIpc) is 3.40. The number of likely N-dealkylation sites (tertiary alicyclic amines) is 1. The minimum absolute atomic E-state index is 0.0534. The van der Waals surface area contributed by atoms with Crippen molar-refractivity contribution < 1.29 is 9.32 Å². The second-order valence-corrected chi connectivity index (χ2v) is 7.16. The molecule has 152 valence electrons. The van der Waals surface area contributed by atoms with Crippen molar-refractivity contribution in [2.75, 3.05) is 6.54 Å². The highest BCUT2D eigenvalue weighted by molar-refractivity contribution is 5.80. The van der Waals surface area contributed by atoms with Crippen LogP contribution in [-0.2, 0) is 11.3 Å². The van der Waals surface area contributed by atoms with Crippen LogP contribution in [0.4, 0.5) is 0 Å². The number of carbonyl (C=O) groups excluding carboxylic acids is 1. The van der Waals surface area contributed by atoms with E-state index in [-0.39, 0.29) is 30.0 Å². The summed E-state index contributed by atoms with van der Waals surface area (Å²) in [5, 5.41) is 3.98. The van der Waals surface area contributed by atoms with Gasteiger partial charge in [0.25, 0.3) is 0 Å². The minimum Gasteiger partial charge on any atom is -0.337 e. The van der Waals surface area contributed by atoms with Crippen molar-refractivity contribution >= 4 is 16.9 Å². The Morgan fingerprint density at radius 3 is 2.83 bits per heavy atom. The number of fused-ring (bicyclic) bond motifs is 1. The molecule has 1 N–H and O–H groups in total. The smallest absolute Gasteiger partial charge is 0.326 e. The lowest BCUT2D eigenvalue weighted by molar-refractivity contribution is -0.136. The third-order valence-electron chi connectivity index (χ3n) is 5.29. The molecule has 1 fully saturated rings. The van der Waals surface area contributed by atoms with Crippen molar-refractivity contribution in [3.63, 3.8) is 0 Å².